The Morgan fingerprint density at radius 1 is 0.984 bits per heavy atom. The van der Waals surface area contributed by atoms with E-state index < -0.39 is 37.7 Å². The quantitative estimate of drug-likeness (QED) is 0.0531. The molecule has 2 saturated heterocycles. The van der Waals surface area contributed by atoms with Gasteiger partial charge in [-0.3, -0.25) is 19.8 Å². The maximum absolute atomic E-state index is 15.5. The molecular formula is C49H61FN6O6S. The van der Waals surface area contributed by atoms with Crippen molar-refractivity contribution in [1.82, 2.24) is 19.8 Å². The number of aryl methyl sites for hydroxylation is 1. The average Bonchev–Trinajstić information content (AvgIpc) is 3.69. The van der Waals surface area contributed by atoms with E-state index in [9.17, 15) is 23.3 Å². The van der Waals surface area contributed by atoms with Crippen LogP contribution in [-0.2, 0) is 16.3 Å². The standard InChI is InChI=1S/C49H61FN6O6S/c1-5-47-31-48(32-47,33-47)41-27-46(2,3)13-10-36(41)29-54-20-22-55(23-21-54)37-7-9-40(44(25-37)62-38-24-35-12-17-51-45(35)52-28-38)43(57)30-63(60,61)39-8-6-34(42(26-39)56(58)59)11-14-49(50)15-18-53(4)19-16-49/h6-9,12,17,24-26,28H,5,10-11,13-16,18-23,27,29-33H2,1-4H3,(H,51,52). The number of anilines is 1. The number of alkyl halides is 1. The topological polar surface area (TPSA) is 142 Å². The van der Waals surface area contributed by atoms with Crippen molar-refractivity contribution < 1.29 is 27.3 Å². The van der Waals surface area contributed by atoms with Gasteiger partial charge < -0.3 is 19.5 Å². The van der Waals surface area contributed by atoms with E-state index in [1.165, 1.54) is 57.1 Å². The van der Waals surface area contributed by atoms with Gasteiger partial charge in [-0.05, 0) is 118 Å². The summed E-state index contributed by atoms with van der Waals surface area (Å²) < 4.78 is 49.6. The molecule has 0 amide bonds. The fraction of sp³-hybridized carbons (Fsp3) is 0.551. The number of pyridine rings is 1. The number of nitrogens with zero attached hydrogens (tertiary/aromatic N) is 5. The molecule has 2 bridgehead atoms. The first-order chi connectivity index (χ1) is 30.0. The summed E-state index contributed by atoms with van der Waals surface area (Å²) in [4.78, 5) is 39.7. The minimum absolute atomic E-state index is 0.0748. The molecule has 5 fully saturated rings. The third-order valence-corrected chi connectivity index (χ3v) is 17.0. The SMILES string of the molecule is CCC12CC(C3=C(CN4CCN(c5ccc(C(=O)CS(=O)(=O)c6ccc(CCC7(F)CCN(C)CC7)c([N+](=O)[O-])c6)c(Oc6cnc7[nH]ccc7c6)c5)CC4)CCC(C)(C)C3)(C1)C2. The van der Waals surface area contributed by atoms with Crippen LogP contribution < -0.4 is 9.64 Å². The van der Waals surface area contributed by atoms with E-state index in [0.717, 1.165) is 49.9 Å². The van der Waals surface area contributed by atoms with Crippen LogP contribution in [0.15, 0.2) is 77.0 Å². The number of carbonyl (C=O) groups is 1. The smallest absolute Gasteiger partial charge is 0.273 e. The normalized spacial score (nSPS) is 24.8. The van der Waals surface area contributed by atoms with Gasteiger partial charge in [-0.1, -0.05) is 44.4 Å². The van der Waals surface area contributed by atoms with Crippen LogP contribution in [0.4, 0.5) is 15.8 Å². The second kappa shape index (κ2) is 16.4. The number of aromatic nitrogens is 2. The molecule has 4 aromatic rings. The van der Waals surface area contributed by atoms with Crippen LogP contribution in [-0.4, -0.2) is 103 Å². The molecule has 0 unspecified atom stereocenters. The molecule has 336 valence electrons. The zero-order chi connectivity index (χ0) is 44.4. The predicted octanol–water partition coefficient (Wildman–Crippen LogP) is 9.50. The number of benzene rings is 2. The molecule has 2 aromatic carbocycles. The number of nitrogens with one attached hydrogen (secondary N) is 1. The molecule has 3 saturated carbocycles. The van der Waals surface area contributed by atoms with Gasteiger partial charge in [0.1, 0.15) is 28.6 Å². The number of hydrogen-bond acceptors (Lipinski definition) is 10. The number of ether oxygens (including phenoxy) is 1. The molecule has 2 aromatic heterocycles. The zero-order valence-corrected chi connectivity index (χ0v) is 38.0. The van der Waals surface area contributed by atoms with Gasteiger partial charge in [-0.25, -0.2) is 17.8 Å². The van der Waals surface area contributed by atoms with Gasteiger partial charge in [-0.15, -0.1) is 0 Å². The number of fused-ring (bicyclic) bond motifs is 1. The largest absolute Gasteiger partial charge is 0.455 e. The summed E-state index contributed by atoms with van der Waals surface area (Å²) in [7, 11) is -2.41. The number of allylic oxidation sites excluding steroid dienone is 1. The van der Waals surface area contributed by atoms with Crippen LogP contribution >= 0.6 is 0 Å². The van der Waals surface area contributed by atoms with Gasteiger partial charge >= 0.3 is 0 Å². The highest BCUT2D eigenvalue weighted by Gasteiger charge is 2.68. The number of nitro benzene ring substituents is 1. The second-order valence-corrected chi connectivity index (χ2v) is 22.4. The maximum atomic E-state index is 15.5. The number of carbonyl (C=O) groups excluding carboxylic acids is 1. The lowest BCUT2D eigenvalue weighted by Crippen LogP contribution is -2.63. The lowest BCUT2D eigenvalue weighted by Gasteiger charge is -2.73. The van der Waals surface area contributed by atoms with E-state index in [1.807, 2.05) is 19.2 Å². The number of Topliss-reactive ketones (excluding diaryl/α,β-unsaturated/α-hetero) is 1. The summed E-state index contributed by atoms with van der Waals surface area (Å²) in [6.07, 6.45) is 13.3. The highest BCUT2D eigenvalue weighted by molar-refractivity contribution is 7.92. The zero-order valence-electron chi connectivity index (χ0n) is 37.2. The molecule has 63 heavy (non-hydrogen) atoms. The number of sulfone groups is 1. The van der Waals surface area contributed by atoms with Crippen LogP contribution in [0.3, 0.4) is 0 Å². The first-order valence-corrected chi connectivity index (χ1v) is 24.5. The molecule has 12 nitrogen and oxygen atoms in total. The molecule has 2 aliphatic heterocycles. The van der Waals surface area contributed by atoms with E-state index in [1.54, 1.807) is 41.7 Å². The molecule has 6 aliphatic rings. The Labute approximate surface area is 370 Å². The molecule has 4 aliphatic carbocycles. The lowest BCUT2D eigenvalue weighted by molar-refractivity contribution is -0.385. The highest BCUT2D eigenvalue weighted by atomic mass is 32.2. The summed E-state index contributed by atoms with van der Waals surface area (Å²) in [6, 6.07) is 12.6. The van der Waals surface area contributed by atoms with Crippen molar-refractivity contribution in [2.75, 3.05) is 63.5 Å². The maximum Gasteiger partial charge on any atom is 0.273 e. The van der Waals surface area contributed by atoms with Crippen molar-refractivity contribution >= 4 is 38.0 Å². The second-order valence-electron chi connectivity index (χ2n) is 20.4. The Kier molecular flexibility index (Phi) is 11.3. The Morgan fingerprint density at radius 3 is 2.44 bits per heavy atom. The average molecular weight is 881 g/mol. The number of ketones is 1. The Morgan fingerprint density at radius 2 is 1.73 bits per heavy atom. The van der Waals surface area contributed by atoms with E-state index in [-0.39, 0.29) is 34.6 Å². The van der Waals surface area contributed by atoms with Gasteiger partial charge in [0.15, 0.2) is 15.6 Å². The van der Waals surface area contributed by atoms with Crippen LogP contribution in [0.1, 0.15) is 101 Å². The van der Waals surface area contributed by atoms with E-state index in [0.29, 0.717) is 53.6 Å². The third kappa shape index (κ3) is 8.79. The molecule has 0 spiro atoms. The number of piperazine rings is 1. The van der Waals surface area contributed by atoms with Crippen molar-refractivity contribution in [3.05, 3.63) is 93.3 Å². The van der Waals surface area contributed by atoms with Crippen LogP contribution in [0.5, 0.6) is 11.5 Å². The number of halogens is 1. The number of rotatable bonds is 15. The highest BCUT2D eigenvalue weighted by Crippen LogP contribution is 2.79. The minimum Gasteiger partial charge on any atom is -0.455 e. The first-order valence-electron chi connectivity index (χ1n) is 22.8. The third-order valence-electron chi connectivity index (χ3n) is 15.4. The Hall–Kier alpha value is -4.66. The van der Waals surface area contributed by atoms with Gasteiger partial charge in [0, 0.05) is 80.8 Å². The summed E-state index contributed by atoms with van der Waals surface area (Å²) >= 11 is 0. The first kappa shape index (κ1) is 43.6. The molecule has 0 atom stereocenters. The van der Waals surface area contributed by atoms with E-state index >= 15 is 4.39 Å². The lowest BCUT2D eigenvalue weighted by atomic mass is 9.31. The van der Waals surface area contributed by atoms with Crippen LogP contribution in [0, 0.1) is 26.4 Å². The summed E-state index contributed by atoms with van der Waals surface area (Å²) in [6.45, 7) is 12.8. The molecular weight excluding hydrogens is 820 g/mol. The number of likely N-dealkylation sites (tertiary alicyclic amines) is 1. The van der Waals surface area contributed by atoms with Crippen molar-refractivity contribution in [1.29, 1.82) is 0 Å². The number of hydrogen-bond donors (Lipinski definition) is 1. The van der Waals surface area contributed by atoms with Gasteiger partial charge in [-0.2, -0.15) is 0 Å². The fourth-order valence-corrected chi connectivity index (χ4v) is 12.6. The van der Waals surface area contributed by atoms with Crippen molar-refractivity contribution in [3.63, 3.8) is 0 Å². The molecule has 4 heterocycles. The van der Waals surface area contributed by atoms with Crippen molar-refractivity contribution in [3.8, 4) is 11.5 Å². The Bertz CT molecular complexity index is 2550. The Balaban J connectivity index is 0.917. The van der Waals surface area contributed by atoms with E-state index in [2.05, 4.69) is 45.4 Å². The minimum atomic E-state index is -4.34. The van der Waals surface area contributed by atoms with Gasteiger partial charge in [0.25, 0.3) is 5.69 Å². The van der Waals surface area contributed by atoms with Crippen molar-refractivity contribution in [2.45, 2.75) is 102 Å². The van der Waals surface area contributed by atoms with Crippen LogP contribution in [0.25, 0.3) is 11.0 Å². The number of nitro groups is 1. The molecule has 10 rings (SSSR count). The number of H-pyrrole nitrogens is 1. The molecule has 0 radical (unpaired) electrons. The summed E-state index contributed by atoms with van der Waals surface area (Å²) in [5.74, 6) is -1.05. The fourth-order valence-electron chi connectivity index (χ4n) is 11.4. The van der Waals surface area contributed by atoms with Gasteiger partial charge in [0.05, 0.1) is 21.6 Å². The molecule has 1 N–H and O–H groups in total. The van der Waals surface area contributed by atoms with E-state index in [4.69, 9.17) is 4.74 Å². The van der Waals surface area contributed by atoms with Gasteiger partial charge in [0.2, 0.25) is 0 Å². The number of piperidine rings is 1. The summed E-state index contributed by atoms with van der Waals surface area (Å²) in [5, 5.41) is 13.0. The predicted molar refractivity (Wildman–Crippen MR) is 243 cm³/mol. The molecule has 14 heteroatoms. The summed E-state index contributed by atoms with van der Waals surface area (Å²) in [5.41, 5.74) is 4.90. The number of aromatic amines is 1. The monoisotopic (exact) mass is 880 g/mol. The van der Waals surface area contributed by atoms with Crippen LogP contribution in [0.2, 0.25) is 0 Å². The van der Waals surface area contributed by atoms with Crippen molar-refractivity contribution in [2.24, 2.45) is 16.2 Å².